The zero-order valence-electron chi connectivity index (χ0n) is 14.9. The van der Waals surface area contributed by atoms with E-state index >= 15 is 0 Å². The number of sulfonamides is 1. The van der Waals surface area contributed by atoms with Gasteiger partial charge in [-0.25, -0.2) is 8.42 Å². The van der Waals surface area contributed by atoms with Gasteiger partial charge in [-0.1, -0.05) is 30.3 Å². The monoisotopic (exact) mass is 382 g/mol. The average molecular weight is 382 g/mol. The quantitative estimate of drug-likeness (QED) is 0.703. The van der Waals surface area contributed by atoms with Crippen LogP contribution < -0.4 is 5.32 Å². The van der Waals surface area contributed by atoms with Crippen LogP contribution >= 0.6 is 0 Å². The SMILES string of the molecule is CNc1oc(-c2ccc(S(=O)(=O)N(C)Cc3ccccc3)cc2)nc1C#N. The Morgan fingerprint density at radius 2 is 1.81 bits per heavy atom. The van der Waals surface area contributed by atoms with E-state index in [1.165, 1.54) is 16.4 Å². The summed E-state index contributed by atoms with van der Waals surface area (Å²) in [6, 6.07) is 17.5. The molecule has 0 fully saturated rings. The van der Waals surface area contributed by atoms with Gasteiger partial charge >= 0.3 is 0 Å². The summed E-state index contributed by atoms with van der Waals surface area (Å²) in [4.78, 5) is 4.27. The molecule has 0 amide bonds. The molecule has 0 aliphatic rings. The highest BCUT2D eigenvalue weighted by atomic mass is 32.2. The maximum atomic E-state index is 12.8. The third kappa shape index (κ3) is 3.84. The fourth-order valence-electron chi connectivity index (χ4n) is 2.56. The first-order valence-corrected chi connectivity index (χ1v) is 9.59. The second kappa shape index (κ2) is 7.61. The second-order valence-electron chi connectivity index (χ2n) is 5.83. The van der Waals surface area contributed by atoms with Gasteiger partial charge in [0.1, 0.15) is 6.07 Å². The topological polar surface area (TPSA) is 99.2 Å². The van der Waals surface area contributed by atoms with E-state index in [-0.39, 0.29) is 28.9 Å². The highest BCUT2D eigenvalue weighted by Gasteiger charge is 2.21. The Labute approximate surface area is 157 Å². The van der Waals surface area contributed by atoms with Crippen LogP contribution in [0, 0.1) is 11.3 Å². The maximum Gasteiger partial charge on any atom is 0.243 e. The smallest absolute Gasteiger partial charge is 0.243 e. The Bertz CT molecular complexity index is 1070. The van der Waals surface area contributed by atoms with Crippen molar-refractivity contribution in [2.24, 2.45) is 0 Å². The van der Waals surface area contributed by atoms with Crippen LogP contribution in [0.2, 0.25) is 0 Å². The van der Waals surface area contributed by atoms with Crippen molar-refractivity contribution in [2.45, 2.75) is 11.4 Å². The summed E-state index contributed by atoms with van der Waals surface area (Å²) in [7, 11) is -0.458. The van der Waals surface area contributed by atoms with E-state index in [0.29, 0.717) is 5.56 Å². The summed E-state index contributed by atoms with van der Waals surface area (Å²) in [5.74, 6) is 0.518. The molecule has 3 aromatic rings. The van der Waals surface area contributed by atoms with Gasteiger partial charge < -0.3 is 9.73 Å². The fourth-order valence-corrected chi connectivity index (χ4v) is 3.72. The lowest BCUT2D eigenvalue weighted by atomic mass is 10.2. The molecular weight excluding hydrogens is 364 g/mol. The molecule has 7 nitrogen and oxygen atoms in total. The van der Waals surface area contributed by atoms with Crippen molar-refractivity contribution in [3.8, 4) is 17.5 Å². The van der Waals surface area contributed by atoms with Gasteiger partial charge in [-0.15, -0.1) is 0 Å². The molecule has 0 bridgehead atoms. The number of anilines is 1. The summed E-state index contributed by atoms with van der Waals surface area (Å²) < 4.78 is 32.3. The largest absolute Gasteiger partial charge is 0.419 e. The molecule has 0 radical (unpaired) electrons. The number of oxazole rings is 1. The van der Waals surface area contributed by atoms with Crippen LogP contribution in [0.4, 0.5) is 5.88 Å². The number of hydrogen-bond acceptors (Lipinski definition) is 6. The molecule has 8 heteroatoms. The standard InChI is InChI=1S/C19H18N4O3S/c1-21-19-17(12-20)22-18(26-19)15-8-10-16(11-9-15)27(24,25)23(2)13-14-6-4-3-5-7-14/h3-11,21H,13H2,1-2H3. The van der Waals surface area contributed by atoms with Crippen molar-refractivity contribution in [3.63, 3.8) is 0 Å². The number of rotatable bonds is 6. The molecule has 138 valence electrons. The van der Waals surface area contributed by atoms with Crippen LogP contribution in [0.1, 0.15) is 11.3 Å². The minimum Gasteiger partial charge on any atom is -0.419 e. The molecule has 27 heavy (non-hydrogen) atoms. The van der Waals surface area contributed by atoms with Gasteiger partial charge in [0.05, 0.1) is 4.90 Å². The van der Waals surface area contributed by atoms with Crippen molar-refractivity contribution in [3.05, 3.63) is 65.9 Å². The minimum absolute atomic E-state index is 0.145. The summed E-state index contributed by atoms with van der Waals surface area (Å²) in [5, 5.41) is 11.8. The number of nitrogens with one attached hydrogen (secondary N) is 1. The first-order chi connectivity index (χ1) is 13.0. The van der Waals surface area contributed by atoms with Crippen molar-refractivity contribution in [1.82, 2.24) is 9.29 Å². The van der Waals surface area contributed by atoms with E-state index in [2.05, 4.69) is 10.3 Å². The van der Waals surface area contributed by atoms with Crippen LogP contribution in [0.3, 0.4) is 0 Å². The van der Waals surface area contributed by atoms with Crippen LogP contribution in [0.15, 0.2) is 63.9 Å². The van der Waals surface area contributed by atoms with E-state index in [1.54, 1.807) is 26.2 Å². The zero-order valence-corrected chi connectivity index (χ0v) is 15.7. The summed E-state index contributed by atoms with van der Waals surface area (Å²) in [6.45, 7) is 0.279. The van der Waals surface area contributed by atoms with E-state index in [1.807, 2.05) is 36.4 Å². The van der Waals surface area contributed by atoms with Gasteiger partial charge in [0.2, 0.25) is 27.5 Å². The van der Waals surface area contributed by atoms with Crippen molar-refractivity contribution in [1.29, 1.82) is 5.26 Å². The molecule has 0 saturated heterocycles. The van der Waals surface area contributed by atoms with Gasteiger partial charge in [0, 0.05) is 26.2 Å². The summed E-state index contributed by atoms with van der Waals surface area (Å²) >= 11 is 0. The Kier molecular flexibility index (Phi) is 5.26. The molecular formula is C19H18N4O3S. The Balaban J connectivity index is 1.84. The predicted octanol–water partition coefficient (Wildman–Crippen LogP) is 3.08. The molecule has 1 heterocycles. The fraction of sp³-hybridized carbons (Fsp3) is 0.158. The Morgan fingerprint density at radius 1 is 1.15 bits per heavy atom. The molecule has 2 aromatic carbocycles. The summed E-state index contributed by atoms with van der Waals surface area (Å²) in [6.07, 6.45) is 0. The van der Waals surface area contributed by atoms with Crippen LogP contribution in [0.5, 0.6) is 0 Å². The number of hydrogen-bond donors (Lipinski definition) is 1. The second-order valence-corrected chi connectivity index (χ2v) is 7.87. The summed E-state index contributed by atoms with van der Waals surface area (Å²) in [5.41, 5.74) is 1.63. The third-order valence-corrected chi connectivity index (χ3v) is 5.84. The minimum atomic E-state index is -3.63. The maximum absolute atomic E-state index is 12.8. The van der Waals surface area contributed by atoms with E-state index < -0.39 is 10.0 Å². The number of nitriles is 1. The van der Waals surface area contributed by atoms with Crippen LogP contribution in [0.25, 0.3) is 11.5 Å². The van der Waals surface area contributed by atoms with Gasteiger partial charge in [-0.2, -0.15) is 14.6 Å². The van der Waals surface area contributed by atoms with Crippen LogP contribution in [-0.4, -0.2) is 31.8 Å². The predicted molar refractivity (Wildman–Crippen MR) is 101 cm³/mol. The van der Waals surface area contributed by atoms with Gasteiger partial charge in [-0.05, 0) is 29.8 Å². The molecule has 0 unspecified atom stereocenters. The molecule has 0 saturated carbocycles. The Hall–Kier alpha value is -3.15. The third-order valence-electron chi connectivity index (χ3n) is 4.02. The van der Waals surface area contributed by atoms with E-state index in [9.17, 15) is 8.42 Å². The molecule has 0 spiro atoms. The first-order valence-electron chi connectivity index (χ1n) is 8.15. The number of benzene rings is 2. The lowest BCUT2D eigenvalue weighted by Crippen LogP contribution is -2.26. The van der Waals surface area contributed by atoms with E-state index in [0.717, 1.165) is 5.56 Å². The normalized spacial score (nSPS) is 11.3. The van der Waals surface area contributed by atoms with Crippen molar-refractivity contribution < 1.29 is 12.8 Å². The highest BCUT2D eigenvalue weighted by molar-refractivity contribution is 7.89. The van der Waals surface area contributed by atoms with E-state index in [4.69, 9.17) is 9.68 Å². The molecule has 0 aliphatic carbocycles. The molecule has 1 N–H and O–H groups in total. The highest BCUT2D eigenvalue weighted by Crippen LogP contribution is 2.26. The number of nitrogens with zero attached hydrogens (tertiary/aromatic N) is 3. The first kappa shape index (κ1) is 18.6. The van der Waals surface area contributed by atoms with Crippen molar-refractivity contribution in [2.75, 3.05) is 19.4 Å². The molecule has 1 aromatic heterocycles. The lowest BCUT2D eigenvalue weighted by Gasteiger charge is -2.17. The zero-order chi connectivity index (χ0) is 19.4. The Morgan fingerprint density at radius 3 is 2.37 bits per heavy atom. The molecule has 0 aliphatic heterocycles. The number of aromatic nitrogens is 1. The van der Waals surface area contributed by atoms with Crippen molar-refractivity contribution >= 4 is 15.9 Å². The van der Waals surface area contributed by atoms with Gasteiger partial charge in [0.15, 0.2) is 0 Å². The molecule has 3 rings (SSSR count). The van der Waals surface area contributed by atoms with Gasteiger partial charge in [0.25, 0.3) is 0 Å². The lowest BCUT2D eigenvalue weighted by molar-refractivity contribution is 0.466. The average Bonchev–Trinajstić information content (AvgIpc) is 3.12. The molecule has 0 atom stereocenters. The van der Waals surface area contributed by atoms with Crippen LogP contribution in [-0.2, 0) is 16.6 Å². The van der Waals surface area contributed by atoms with Gasteiger partial charge in [-0.3, -0.25) is 0 Å².